The van der Waals surface area contributed by atoms with Gasteiger partial charge in [-0.1, -0.05) is 30.3 Å². The molecule has 0 aliphatic carbocycles. The van der Waals surface area contributed by atoms with Gasteiger partial charge in [0.15, 0.2) is 0 Å². The van der Waals surface area contributed by atoms with E-state index in [0.717, 1.165) is 23.2 Å². The molecule has 0 unspecified atom stereocenters. The molecule has 1 aliphatic rings. The van der Waals surface area contributed by atoms with E-state index >= 15 is 0 Å². The molecule has 0 spiro atoms. The Morgan fingerprint density at radius 3 is 2.57 bits per heavy atom. The van der Waals surface area contributed by atoms with Gasteiger partial charge in [-0.25, -0.2) is 8.42 Å². The third-order valence-corrected chi connectivity index (χ3v) is 7.14. The smallest absolute Gasteiger partial charge is 0.245 e. The topological polar surface area (TPSA) is 83.0 Å². The largest absolute Gasteiger partial charge is 0.491 e. The molecule has 1 saturated heterocycles. The molecule has 0 atom stereocenters. The Balaban J connectivity index is 1.43. The minimum Gasteiger partial charge on any atom is -0.491 e. The van der Waals surface area contributed by atoms with Crippen LogP contribution in [0.15, 0.2) is 65.7 Å². The number of benzene rings is 2. The molecule has 2 heterocycles. The van der Waals surface area contributed by atoms with Gasteiger partial charge in [0.05, 0.1) is 12.1 Å². The molecule has 158 valence electrons. The number of aromatic nitrogens is 1. The van der Waals surface area contributed by atoms with Crippen LogP contribution in [0.1, 0.15) is 5.56 Å². The Morgan fingerprint density at radius 1 is 1.00 bits per heavy atom. The highest BCUT2D eigenvalue weighted by atomic mass is 32.2. The number of hydrogen-bond donors (Lipinski definition) is 1. The van der Waals surface area contributed by atoms with Gasteiger partial charge in [-0.15, -0.1) is 0 Å². The second kappa shape index (κ2) is 9.09. The summed E-state index contributed by atoms with van der Waals surface area (Å²) < 4.78 is 33.5. The molecular formula is C22H25N3O4S. The molecule has 0 radical (unpaired) electrons. The van der Waals surface area contributed by atoms with E-state index in [0.29, 0.717) is 31.7 Å². The summed E-state index contributed by atoms with van der Waals surface area (Å²) in [6.07, 6.45) is 1.62. The molecule has 7 nitrogen and oxygen atoms in total. The van der Waals surface area contributed by atoms with Crippen molar-refractivity contribution >= 4 is 20.9 Å². The maximum absolute atomic E-state index is 13.2. The molecule has 1 aromatic heterocycles. The quantitative estimate of drug-likeness (QED) is 0.622. The molecule has 2 aromatic carbocycles. The summed E-state index contributed by atoms with van der Waals surface area (Å²) in [4.78, 5) is 6.80. The number of nitrogens with zero attached hydrogens (tertiary/aromatic N) is 3. The number of piperazine rings is 1. The van der Waals surface area contributed by atoms with Gasteiger partial charge in [0.1, 0.15) is 17.3 Å². The van der Waals surface area contributed by atoms with Crippen molar-refractivity contribution < 1.29 is 18.3 Å². The zero-order valence-corrected chi connectivity index (χ0v) is 17.5. The molecule has 3 aromatic rings. The highest BCUT2D eigenvalue weighted by Gasteiger charge is 2.30. The van der Waals surface area contributed by atoms with E-state index in [4.69, 9.17) is 9.84 Å². The van der Waals surface area contributed by atoms with E-state index < -0.39 is 10.0 Å². The van der Waals surface area contributed by atoms with Crippen LogP contribution in [0.2, 0.25) is 0 Å². The molecule has 4 rings (SSSR count). The number of ether oxygens (including phenoxy) is 1. The fourth-order valence-corrected chi connectivity index (χ4v) is 5.29. The van der Waals surface area contributed by atoms with Crippen LogP contribution in [-0.4, -0.2) is 67.1 Å². The maximum atomic E-state index is 13.2. The first-order chi connectivity index (χ1) is 14.6. The fourth-order valence-electron chi connectivity index (χ4n) is 3.71. The molecule has 0 bridgehead atoms. The Hall–Kier alpha value is -2.52. The van der Waals surface area contributed by atoms with Crippen LogP contribution in [0.4, 0.5) is 0 Å². The first-order valence-electron chi connectivity index (χ1n) is 9.97. The van der Waals surface area contributed by atoms with Crippen LogP contribution in [0.5, 0.6) is 5.75 Å². The van der Waals surface area contributed by atoms with Crippen LogP contribution in [0, 0.1) is 0 Å². The molecule has 30 heavy (non-hydrogen) atoms. The van der Waals surface area contributed by atoms with E-state index in [1.165, 1.54) is 0 Å². The second-order valence-electron chi connectivity index (χ2n) is 7.23. The lowest BCUT2D eigenvalue weighted by atomic mass is 10.2. The minimum atomic E-state index is -3.60. The first kappa shape index (κ1) is 20.7. The number of aliphatic hydroxyl groups excluding tert-OH is 1. The van der Waals surface area contributed by atoms with Crippen molar-refractivity contribution in [3.8, 4) is 5.75 Å². The second-order valence-corrected chi connectivity index (χ2v) is 9.14. The van der Waals surface area contributed by atoms with E-state index in [-0.39, 0.29) is 18.1 Å². The number of pyridine rings is 1. The Morgan fingerprint density at radius 2 is 1.77 bits per heavy atom. The summed E-state index contributed by atoms with van der Waals surface area (Å²) in [6, 6.07) is 16.7. The van der Waals surface area contributed by atoms with Crippen LogP contribution >= 0.6 is 0 Å². The normalized spacial score (nSPS) is 16.0. The lowest BCUT2D eigenvalue weighted by Crippen LogP contribution is -2.48. The Labute approximate surface area is 176 Å². The molecule has 1 fully saturated rings. The summed E-state index contributed by atoms with van der Waals surface area (Å²) in [5.74, 6) is 0.728. The molecular weight excluding hydrogens is 402 g/mol. The number of fused-ring (bicyclic) bond motifs is 1. The van der Waals surface area contributed by atoms with E-state index in [1.54, 1.807) is 28.7 Å². The average Bonchev–Trinajstić information content (AvgIpc) is 2.78. The van der Waals surface area contributed by atoms with Gasteiger partial charge in [0.25, 0.3) is 0 Å². The SMILES string of the molecule is O=S(=O)(c1cccc2cccnc12)N1CCN(Cc2cccc(OCCO)c2)CC1. The van der Waals surface area contributed by atoms with Crippen LogP contribution in [0.25, 0.3) is 10.9 Å². The average molecular weight is 428 g/mol. The lowest BCUT2D eigenvalue weighted by molar-refractivity contribution is 0.181. The standard InChI is InChI=1S/C22H25N3O4S/c26-14-15-29-20-7-1-4-18(16-20)17-24-10-12-25(13-11-24)30(27,28)21-8-2-5-19-6-3-9-23-22(19)21/h1-9,16,26H,10-15,17H2. The first-order valence-corrected chi connectivity index (χ1v) is 11.4. The molecule has 0 saturated carbocycles. The van der Waals surface area contributed by atoms with Crippen LogP contribution < -0.4 is 4.74 Å². The Bertz CT molecular complexity index is 1110. The predicted molar refractivity (Wildman–Crippen MR) is 115 cm³/mol. The van der Waals surface area contributed by atoms with Crippen molar-refractivity contribution in [1.82, 2.24) is 14.2 Å². The zero-order chi connectivity index (χ0) is 21.0. The van der Waals surface area contributed by atoms with Crippen molar-refractivity contribution in [3.05, 3.63) is 66.4 Å². The minimum absolute atomic E-state index is 0.0210. The summed E-state index contributed by atoms with van der Waals surface area (Å²) >= 11 is 0. The van der Waals surface area contributed by atoms with Crippen molar-refractivity contribution in [2.24, 2.45) is 0 Å². The van der Waals surface area contributed by atoms with Gasteiger partial charge in [-0.2, -0.15) is 4.31 Å². The van der Waals surface area contributed by atoms with Gasteiger partial charge >= 0.3 is 0 Å². The monoisotopic (exact) mass is 427 g/mol. The van der Waals surface area contributed by atoms with E-state index in [9.17, 15) is 8.42 Å². The van der Waals surface area contributed by atoms with E-state index in [2.05, 4.69) is 9.88 Å². The van der Waals surface area contributed by atoms with Crippen molar-refractivity contribution in [3.63, 3.8) is 0 Å². The molecule has 8 heteroatoms. The maximum Gasteiger partial charge on any atom is 0.245 e. The number of sulfonamides is 1. The fraction of sp³-hybridized carbons (Fsp3) is 0.318. The van der Waals surface area contributed by atoms with Gasteiger partial charge in [0.2, 0.25) is 10.0 Å². The lowest BCUT2D eigenvalue weighted by Gasteiger charge is -2.34. The molecule has 0 amide bonds. The summed E-state index contributed by atoms with van der Waals surface area (Å²) in [6.45, 7) is 3.15. The third-order valence-electron chi connectivity index (χ3n) is 5.21. The number of rotatable bonds is 7. The van der Waals surface area contributed by atoms with Gasteiger partial charge in [-0.05, 0) is 29.8 Å². The van der Waals surface area contributed by atoms with Crippen molar-refractivity contribution in [2.45, 2.75) is 11.4 Å². The number of hydrogen-bond acceptors (Lipinski definition) is 6. The van der Waals surface area contributed by atoms with Crippen molar-refractivity contribution in [1.29, 1.82) is 0 Å². The summed E-state index contributed by atoms with van der Waals surface area (Å²) in [5, 5.41) is 9.72. The summed E-state index contributed by atoms with van der Waals surface area (Å²) in [5.41, 5.74) is 1.61. The Kier molecular flexibility index (Phi) is 6.29. The predicted octanol–water partition coefficient (Wildman–Crippen LogP) is 2.11. The number of para-hydroxylation sites is 1. The van der Waals surface area contributed by atoms with Gasteiger partial charge in [0, 0.05) is 44.3 Å². The van der Waals surface area contributed by atoms with Gasteiger partial charge in [-0.3, -0.25) is 9.88 Å². The third kappa shape index (κ3) is 4.46. The van der Waals surface area contributed by atoms with Crippen LogP contribution in [0.3, 0.4) is 0 Å². The molecule has 1 N–H and O–H groups in total. The van der Waals surface area contributed by atoms with Crippen molar-refractivity contribution in [2.75, 3.05) is 39.4 Å². The summed E-state index contributed by atoms with van der Waals surface area (Å²) in [7, 11) is -3.60. The highest BCUT2D eigenvalue weighted by Crippen LogP contribution is 2.25. The number of aliphatic hydroxyl groups is 1. The van der Waals surface area contributed by atoms with Crippen LogP contribution in [-0.2, 0) is 16.6 Å². The zero-order valence-electron chi connectivity index (χ0n) is 16.6. The molecule has 1 aliphatic heterocycles. The van der Waals surface area contributed by atoms with Gasteiger partial charge < -0.3 is 9.84 Å². The highest BCUT2D eigenvalue weighted by molar-refractivity contribution is 7.89. The van der Waals surface area contributed by atoms with E-state index in [1.807, 2.05) is 36.4 Å².